The fourth-order valence-electron chi connectivity index (χ4n) is 1.65. The molecule has 1 heterocycles. The maximum Gasteiger partial charge on any atom is 0.239 e. The second-order valence-corrected chi connectivity index (χ2v) is 4.01. The van der Waals surface area contributed by atoms with Gasteiger partial charge in [-0.3, -0.25) is 4.79 Å². The van der Waals surface area contributed by atoms with Gasteiger partial charge in [-0.1, -0.05) is 0 Å². The van der Waals surface area contributed by atoms with Gasteiger partial charge in [0, 0.05) is 19.6 Å². The number of hydrogen-bond donors (Lipinski definition) is 2. The molecule has 0 saturated carbocycles. The summed E-state index contributed by atoms with van der Waals surface area (Å²) in [6, 6.07) is -0.178. The first-order valence-electron chi connectivity index (χ1n) is 5.31. The first-order chi connectivity index (χ1) is 6.61. The van der Waals surface area contributed by atoms with E-state index in [0.717, 1.165) is 25.9 Å². The monoisotopic (exact) mass is 200 g/mol. The molecule has 0 aliphatic carbocycles. The largest absolute Gasteiger partial charge is 0.392 e. The number of hydrogen-bond acceptors (Lipinski definition) is 3. The van der Waals surface area contributed by atoms with Gasteiger partial charge < -0.3 is 15.3 Å². The Morgan fingerprint density at radius 1 is 1.43 bits per heavy atom. The molecule has 0 aromatic carbocycles. The van der Waals surface area contributed by atoms with Crippen molar-refractivity contribution >= 4 is 5.91 Å². The van der Waals surface area contributed by atoms with Gasteiger partial charge in [0.1, 0.15) is 0 Å². The third-order valence-corrected chi connectivity index (χ3v) is 2.51. The molecule has 4 nitrogen and oxygen atoms in total. The zero-order chi connectivity index (χ0) is 10.6. The van der Waals surface area contributed by atoms with Crippen LogP contribution in [-0.4, -0.2) is 47.7 Å². The molecule has 4 heteroatoms. The smallest absolute Gasteiger partial charge is 0.239 e. The summed E-state index contributed by atoms with van der Waals surface area (Å²) < 4.78 is 0. The number of nitrogens with one attached hydrogen (secondary N) is 1. The summed E-state index contributed by atoms with van der Waals surface area (Å²) in [7, 11) is 0. The Morgan fingerprint density at radius 2 is 2.00 bits per heavy atom. The molecule has 82 valence electrons. The number of nitrogens with zero attached hydrogens (tertiary/aromatic N) is 1. The van der Waals surface area contributed by atoms with E-state index in [0.29, 0.717) is 6.54 Å². The van der Waals surface area contributed by atoms with E-state index in [1.165, 1.54) is 0 Å². The Morgan fingerprint density at radius 3 is 2.50 bits per heavy atom. The van der Waals surface area contributed by atoms with Gasteiger partial charge in [-0.05, 0) is 26.7 Å². The molecule has 14 heavy (non-hydrogen) atoms. The van der Waals surface area contributed by atoms with Crippen LogP contribution in [0.2, 0.25) is 0 Å². The van der Waals surface area contributed by atoms with E-state index in [1.54, 1.807) is 6.92 Å². The predicted molar refractivity (Wildman–Crippen MR) is 55.0 cm³/mol. The first kappa shape index (κ1) is 11.5. The molecule has 0 spiro atoms. The van der Waals surface area contributed by atoms with E-state index in [2.05, 4.69) is 5.32 Å². The molecule has 1 fully saturated rings. The van der Waals surface area contributed by atoms with Crippen molar-refractivity contribution < 1.29 is 9.90 Å². The van der Waals surface area contributed by atoms with E-state index in [9.17, 15) is 4.79 Å². The third kappa shape index (κ3) is 3.27. The average Bonchev–Trinajstić information content (AvgIpc) is 2.65. The van der Waals surface area contributed by atoms with Crippen molar-refractivity contribution in [3.05, 3.63) is 0 Å². The highest BCUT2D eigenvalue weighted by molar-refractivity contribution is 5.81. The van der Waals surface area contributed by atoms with Gasteiger partial charge in [0.25, 0.3) is 0 Å². The van der Waals surface area contributed by atoms with E-state index in [-0.39, 0.29) is 11.9 Å². The van der Waals surface area contributed by atoms with Crippen LogP contribution in [0, 0.1) is 0 Å². The molecule has 0 radical (unpaired) electrons. The van der Waals surface area contributed by atoms with Crippen LogP contribution in [-0.2, 0) is 4.79 Å². The van der Waals surface area contributed by atoms with Crippen LogP contribution in [0.5, 0.6) is 0 Å². The maximum absolute atomic E-state index is 11.7. The minimum atomic E-state index is -0.399. The molecule has 1 saturated heterocycles. The summed E-state index contributed by atoms with van der Waals surface area (Å²) >= 11 is 0. The van der Waals surface area contributed by atoms with Gasteiger partial charge in [0.05, 0.1) is 12.1 Å². The van der Waals surface area contributed by atoms with Crippen molar-refractivity contribution in [1.29, 1.82) is 0 Å². The molecule has 1 rings (SSSR count). The van der Waals surface area contributed by atoms with E-state index < -0.39 is 6.10 Å². The molecule has 0 aromatic heterocycles. The zero-order valence-electron chi connectivity index (χ0n) is 8.99. The average molecular weight is 200 g/mol. The van der Waals surface area contributed by atoms with Crippen LogP contribution in [0.25, 0.3) is 0 Å². The molecule has 0 bridgehead atoms. The molecular weight excluding hydrogens is 180 g/mol. The van der Waals surface area contributed by atoms with Crippen LogP contribution in [0.4, 0.5) is 0 Å². The topological polar surface area (TPSA) is 52.6 Å². The second-order valence-electron chi connectivity index (χ2n) is 4.01. The molecule has 1 aliphatic rings. The Balaban J connectivity index is 2.28. The van der Waals surface area contributed by atoms with Crippen LogP contribution in [0.3, 0.4) is 0 Å². The lowest BCUT2D eigenvalue weighted by Gasteiger charge is -2.21. The molecule has 0 aromatic rings. The van der Waals surface area contributed by atoms with Gasteiger partial charge in [0.2, 0.25) is 5.91 Å². The third-order valence-electron chi connectivity index (χ3n) is 2.51. The first-order valence-corrected chi connectivity index (χ1v) is 5.31. The fourth-order valence-corrected chi connectivity index (χ4v) is 1.65. The lowest BCUT2D eigenvalue weighted by Crippen LogP contribution is -2.45. The lowest BCUT2D eigenvalue weighted by atomic mass is 10.2. The summed E-state index contributed by atoms with van der Waals surface area (Å²) in [4.78, 5) is 13.6. The summed E-state index contributed by atoms with van der Waals surface area (Å²) in [5.74, 6) is 0.156. The Hall–Kier alpha value is -0.610. The van der Waals surface area contributed by atoms with Gasteiger partial charge in [-0.2, -0.15) is 0 Å². The quantitative estimate of drug-likeness (QED) is 0.670. The maximum atomic E-state index is 11.7. The van der Waals surface area contributed by atoms with E-state index >= 15 is 0 Å². The van der Waals surface area contributed by atoms with Gasteiger partial charge >= 0.3 is 0 Å². The van der Waals surface area contributed by atoms with Crippen molar-refractivity contribution in [2.75, 3.05) is 19.6 Å². The number of likely N-dealkylation sites (tertiary alicyclic amines) is 1. The van der Waals surface area contributed by atoms with Gasteiger partial charge in [0.15, 0.2) is 0 Å². The van der Waals surface area contributed by atoms with Crippen molar-refractivity contribution in [1.82, 2.24) is 10.2 Å². The van der Waals surface area contributed by atoms with Crippen LogP contribution in [0.15, 0.2) is 0 Å². The highest BCUT2D eigenvalue weighted by Crippen LogP contribution is 2.08. The SMILES string of the molecule is CC(O)CNC(C)C(=O)N1CCCC1. The van der Waals surface area contributed by atoms with Crippen LogP contribution >= 0.6 is 0 Å². The van der Waals surface area contributed by atoms with Crippen molar-refractivity contribution in [3.63, 3.8) is 0 Å². The predicted octanol–water partition coefficient (Wildman–Crippen LogP) is -0.0323. The number of carbonyl (C=O) groups is 1. The highest BCUT2D eigenvalue weighted by atomic mass is 16.3. The Bertz CT molecular complexity index is 189. The number of aliphatic hydroxyl groups excluding tert-OH is 1. The number of rotatable bonds is 4. The second kappa shape index (κ2) is 5.32. The van der Waals surface area contributed by atoms with Crippen molar-refractivity contribution in [3.8, 4) is 0 Å². The zero-order valence-corrected chi connectivity index (χ0v) is 8.99. The molecule has 2 N–H and O–H groups in total. The molecule has 2 atom stereocenters. The van der Waals surface area contributed by atoms with E-state index in [4.69, 9.17) is 5.11 Å². The van der Waals surface area contributed by atoms with Crippen LogP contribution < -0.4 is 5.32 Å². The Labute approximate surface area is 85.3 Å². The molecular formula is C10H20N2O2. The molecule has 1 aliphatic heterocycles. The van der Waals surface area contributed by atoms with E-state index in [1.807, 2.05) is 11.8 Å². The number of aliphatic hydroxyl groups is 1. The summed E-state index contributed by atoms with van der Waals surface area (Å²) in [5.41, 5.74) is 0. The Kier molecular flexibility index (Phi) is 4.35. The van der Waals surface area contributed by atoms with Crippen molar-refractivity contribution in [2.45, 2.75) is 38.8 Å². The van der Waals surface area contributed by atoms with Gasteiger partial charge in [-0.25, -0.2) is 0 Å². The van der Waals surface area contributed by atoms with Gasteiger partial charge in [-0.15, -0.1) is 0 Å². The van der Waals surface area contributed by atoms with Crippen molar-refractivity contribution in [2.24, 2.45) is 0 Å². The molecule has 1 amide bonds. The highest BCUT2D eigenvalue weighted by Gasteiger charge is 2.22. The lowest BCUT2D eigenvalue weighted by molar-refractivity contribution is -0.132. The summed E-state index contributed by atoms with van der Waals surface area (Å²) in [6.45, 7) is 5.81. The minimum absolute atomic E-state index is 0.156. The standard InChI is InChI=1S/C10H20N2O2/c1-8(13)7-11-9(2)10(14)12-5-3-4-6-12/h8-9,11,13H,3-7H2,1-2H3. The summed E-state index contributed by atoms with van der Waals surface area (Å²) in [5, 5.41) is 12.1. The minimum Gasteiger partial charge on any atom is -0.392 e. The normalized spacial score (nSPS) is 20.9. The molecule has 2 unspecified atom stereocenters. The summed E-state index contributed by atoms with van der Waals surface area (Å²) in [6.07, 6.45) is 1.84. The van der Waals surface area contributed by atoms with Crippen LogP contribution in [0.1, 0.15) is 26.7 Å². The number of amides is 1. The number of carbonyl (C=O) groups excluding carboxylic acids is 1. The fraction of sp³-hybridized carbons (Fsp3) is 0.900.